The molecule has 0 saturated carbocycles. The molecular weight excluding hydrogens is 302 g/mol. The van der Waals surface area contributed by atoms with Crippen molar-refractivity contribution < 1.29 is 14.7 Å². The Morgan fingerprint density at radius 2 is 1.38 bits per heavy atom. The summed E-state index contributed by atoms with van der Waals surface area (Å²) in [5, 5.41) is 11.7. The van der Waals surface area contributed by atoms with Gasteiger partial charge in [-0.15, -0.1) is 0 Å². The van der Waals surface area contributed by atoms with Crippen molar-refractivity contribution in [1.29, 1.82) is 0 Å². The maximum atomic E-state index is 12.4. The fraction of sp³-hybridized carbons (Fsp3) is 0. The van der Waals surface area contributed by atoms with Crippen molar-refractivity contribution in [3.8, 4) is 11.1 Å². The summed E-state index contributed by atoms with van der Waals surface area (Å²) in [6.07, 6.45) is 0. The summed E-state index contributed by atoms with van der Waals surface area (Å²) in [4.78, 5) is 23.4. The molecule has 0 aliphatic rings. The van der Waals surface area contributed by atoms with Crippen molar-refractivity contribution in [2.75, 3.05) is 5.32 Å². The van der Waals surface area contributed by atoms with Crippen molar-refractivity contribution in [3.05, 3.63) is 90.0 Å². The van der Waals surface area contributed by atoms with E-state index in [4.69, 9.17) is 5.11 Å². The van der Waals surface area contributed by atoms with Gasteiger partial charge in [0.25, 0.3) is 5.91 Å². The normalized spacial score (nSPS) is 10.2. The number of benzene rings is 3. The molecule has 24 heavy (non-hydrogen) atoms. The minimum absolute atomic E-state index is 0.130. The highest BCUT2D eigenvalue weighted by atomic mass is 16.4. The summed E-state index contributed by atoms with van der Waals surface area (Å²) >= 11 is 0. The average Bonchev–Trinajstić information content (AvgIpc) is 2.63. The third kappa shape index (κ3) is 3.50. The molecule has 0 aliphatic heterocycles. The molecule has 4 heteroatoms. The smallest absolute Gasteiger partial charge is 0.335 e. The largest absolute Gasteiger partial charge is 0.478 e. The number of nitrogens with one attached hydrogen (secondary N) is 1. The molecule has 0 saturated heterocycles. The quantitative estimate of drug-likeness (QED) is 0.754. The van der Waals surface area contributed by atoms with Gasteiger partial charge in [0.15, 0.2) is 0 Å². The topological polar surface area (TPSA) is 66.4 Å². The molecule has 4 nitrogen and oxygen atoms in total. The average molecular weight is 317 g/mol. The second-order valence-corrected chi connectivity index (χ2v) is 5.29. The molecule has 0 bridgehead atoms. The van der Waals surface area contributed by atoms with E-state index in [0.717, 1.165) is 11.1 Å². The predicted molar refractivity (Wildman–Crippen MR) is 93.2 cm³/mol. The molecule has 2 N–H and O–H groups in total. The van der Waals surface area contributed by atoms with Crippen LogP contribution >= 0.6 is 0 Å². The van der Waals surface area contributed by atoms with E-state index in [0.29, 0.717) is 11.3 Å². The van der Waals surface area contributed by atoms with Crippen LogP contribution in [0.4, 0.5) is 5.69 Å². The molecule has 118 valence electrons. The second kappa shape index (κ2) is 6.79. The first-order valence-electron chi connectivity index (χ1n) is 7.44. The third-order valence-electron chi connectivity index (χ3n) is 3.60. The maximum absolute atomic E-state index is 12.4. The Morgan fingerprint density at radius 3 is 2.12 bits per heavy atom. The Morgan fingerprint density at radius 1 is 0.708 bits per heavy atom. The Hall–Kier alpha value is -3.40. The highest BCUT2D eigenvalue weighted by Gasteiger charge is 2.09. The van der Waals surface area contributed by atoms with Crippen LogP contribution in [0.25, 0.3) is 11.1 Å². The van der Waals surface area contributed by atoms with Crippen LogP contribution in [0, 0.1) is 0 Å². The monoisotopic (exact) mass is 317 g/mol. The van der Waals surface area contributed by atoms with Crippen LogP contribution in [0.1, 0.15) is 20.7 Å². The summed E-state index contributed by atoms with van der Waals surface area (Å²) in [5.74, 6) is -1.31. The third-order valence-corrected chi connectivity index (χ3v) is 3.60. The van der Waals surface area contributed by atoms with E-state index in [2.05, 4.69) is 5.32 Å². The van der Waals surface area contributed by atoms with Gasteiger partial charge in [0.2, 0.25) is 0 Å². The van der Waals surface area contributed by atoms with Gasteiger partial charge in [0.1, 0.15) is 0 Å². The highest BCUT2D eigenvalue weighted by molar-refractivity contribution is 6.05. The first-order valence-corrected chi connectivity index (χ1v) is 7.44. The first-order chi connectivity index (χ1) is 11.6. The van der Waals surface area contributed by atoms with Gasteiger partial charge >= 0.3 is 5.97 Å². The summed E-state index contributed by atoms with van der Waals surface area (Å²) in [7, 11) is 0. The summed E-state index contributed by atoms with van der Waals surface area (Å²) in [6.45, 7) is 0. The van der Waals surface area contributed by atoms with Crippen LogP contribution in [0.5, 0.6) is 0 Å². The lowest BCUT2D eigenvalue weighted by Gasteiger charge is -2.08. The van der Waals surface area contributed by atoms with Gasteiger partial charge in [-0.25, -0.2) is 4.79 Å². The van der Waals surface area contributed by atoms with E-state index < -0.39 is 5.97 Å². The van der Waals surface area contributed by atoms with Gasteiger partial charge in [-0.3, -0.25) is 4.79 Å². The van der Waals surface area contributed by atoms with Gasteiger partial charge in [-0.05, 0) is 41.5 Å². The fourth-order valence-electron chi connectivity index (χ4n) is 2.40. The van der Waals surface area contributed by atoms with E-state index in [1.165, 1.54) is 12.1 Å². The number of rotatable bonds is 4. The number of carbonyl (C=O) groups excluding carboxylic acids is 1. The second-order valence-electron chi connectivity index (χ2n) is 5.29. The molecule has 1 amide bonds. The number of carboxylic acids is 1. The van der Waals surface area contributed by atoms with Crippen LogP contribution in [0.3, 0.4) is 0 Å². The molecule has 0 fully saturated rings. The molecule has 3 aromatic rings. The minimum Gasteiger partial charge on any atom is -0.478 e. The van der Waals surface area contributed by atoms with Gasteiger partial charge in [-0.2, -0.15) is 0 Å². The Labute approximate surface area is 139 Å². The molecule has 0 atom stereocenters. The van der Waals surface area contributed by atoms with Crippen molar-refractivity contribution in [3.63, 3.8) is 0 Å². The predicted octanol–water partition coefficient (Wildman–Crippen LogP) is 4.30. The Bertz CT molecular complexity index is 888. The molecular formula is C20H15NO3. The lowest BCUT2D eigenvalue weighted by molar-refractivity contribution is 0.0696. The van der Waals surface area contributed by atoms with Crippen LogP contribution in [0.15, 0.2) is 78.9 Å². The Kier molecular flexibility index (Phi) is 4.38. The van der Waals surface area contributed by atoms with Crippen molar-refractivity contribution in [1.82, 2.24) is 0 Å². The summed E-state index contributed by atoms with van der Waals surface area (Å²) in [6, 6.07) is 23.3. The number of carbonyl (C=O) groups is 2. The SMILES string of the molecule is O=C(O)c1cccc(NC(=O)c2cccc(-c3ccccc3)c2)c1. The van der Waals surface area contributed by atoms with Crippen LogP contribution < -0.4 is 5.32 Å². The number of amides is 1. The maximum Gasteiger partial charge on any atom is 0.335 e. The number of carboxylic acid groups (broad SMARTS) is 1. The number of anilines is 1. The zero-order valence-corrected chi connectivity index (χ0v) is 12.8. The van der Waals surface area contributed by atoms with Gasteiger partial charge in [-0.1, -0.05) is 48.5 Å². The van der Waals surface area contributed by atoms with Gasteiger partial charge in [0.05, 0.1) is 5.56 Å². The minimum atomic E-state index is -1.03. The van der Waals surface area contributed by atoms with E-state index in [1.807, 2.05) is 48.5 Å². The lowest BCUT2D eigenvalue weighted by atomic mass is 10.0. The molecule has 3 aromatic carbocycles. The number of hydrogen-bond donors (Lipinski definition) is 2. The van der Waals surface area contributed by atoms with E-state index >= 15 is 0 Å². The van der Waals surface area contributed by atoms with Crippen LogP contribution in [-0.4, -0.2) is 17.0 Å². The molecule has 0 unspecified atom stereocenters. The van der Waals surface area contributed by atoms with Gasteiger partial charge in [0, 0.05) is 11.3 Å². The summed E-state index contributed by atoms with van der Waals surface area (Å²) in [5.41, 5.74) is 3.07. The number of aromatic carboxylic acids is 1. The van der Waals surface area contributed by atoms with Crippen molar-refractivity contribution in [2.45, 2.75) is 0 Å². The molecule has 3 rings (SSSR count). The van der Waals surface area contributed by atoms with E-state index in [-0.39, 0.29) is 11.5 Å². The first kappa shape index (κ1) is 15.5. The molecule has 0 radical (unpaired) electrons. The highest BCUT2D eigenvalue weighted by Crippen LogP contribution is 2.21. The molecule has 0 aliphatic carbocycles. The van der Waals surface area contributed by atoms with Gasteiger partial charge < -0.3 is 10.4 Å². The summed E-state index contributed by atoms with van der Waals surface area (Å²) < 4.78 is 0. The zero-order valence-electron chi connectivity index (χ0n) is 12.8. The van der Waals surface area contributed by atoms with E-state index in [9.17, 15) is 9.59 Å². The van der Waals surface area contributed by atoms with Crippen LogP contribution in [0.2, 0.25) is 0 Å². The van der Waals surface area contributed by atoms with Crippen molar-refractivity contribution in [2.24, 2.45) is 0 Å². The molecule has 0 heterocycles. The standard InChI is InChI=1S/C20H15NO3/c22-19(21-18-11-5-10-17(13-18)20(23)24)16-9-4-8-15(12-16)14-6-2-1-3-7-14/h1-13H,(H,21,22)(H,23,24). The molecule has 0 spiro atoms. The fourth-order valence-corrected chi connectivity index (χ4v) is 2.40. The van der Waals surface area contributed by atoms with Crippen LogP contribution in [-0.2, 0) is 0 Å². The van der Waals surface area contributed by atoms with Crippen molar-refractivity contribution >= 4 is 17.6 Å². The molecule has 0 aromatic heterocycles. The zero-order chi connectivity index (χ0) is 16.9. The lowest BCUT2D eigenvalue weighted by Crippen LogP contribution is -2.12. The van der Waals surface area contributed by atoms with E-state index in [1.54, 1.807) is 18.2 Å². The Balaban J connectivity index is 1.83. The number of hydrogen-bond acceptors (Lipinski definition) is 2.